The highest BCUT2D eigenvalue weighted by Crippen LogP contribution is 2.33. The fourth-order valence-corrected chi connectivity index (χ4v) is 1.75. The van der Waals surface area contributed by atoms with Gasteiger partial charge in [0.2, 0.25) is 0 Å². The summed E-state index contributed by atoms with van der Waals surface area (Å²) in [5, 5.41) is 8.74. The number of carboxylic acid groups (broad SMARTS) is 1. The topological polar surface area (TPSA) is 72.8 Å². The van der Waals surface area contributed by atoms with Gasteiger partial charge in [-0.1, -0.05) is 6.92 Å². The summed E-state index contributed by atoms with van der Waals surface area (Å²) >= 11 is 0. The first-order valence-electron chi connectivity index (χ1n) is 5.33. The number of carbonyl (C=O) groups is 2. The molecule has 0 saturated carbocycles. The van der Waals surface area contributed by atoms with Crippen LogP contribution in [0, 0.1) is 0 Å². The Morgan fingerprint density at radius 1 is 1.24 bits per heavy atom. The third kappa shape index (κ3) is 2.08. The van der Waals surface area contributed by atoms with E-state index >= 15 is 0 Å². The standard InChI is InChI=1S/C12H12O5/c1-2-7-5-9-10(17-4-3-16-9)6-8(7)11(13)12(14)15/h5-6H,2-4H2,1H3,(H,14,15). The molecule has 1 N–H and O–H groups in total. The average Bonchev–Trinajstić information content (AvgIpc) is 2.36. The van der Waals surface area contributed by atoms with Crippen LogP contribution in [0.2, 0.25) is 0 Å². The van der Waals surface area contributed by atoms with Gasteiger partial charge >= 0.3 is 5.97 Å². The van der Waals surface area contributed by atoms with Crippen LogP contribution in [0.15, 0.2) is 12.1 Å². The van der Waals surface area contributed by atoms with Crippen LogP contribution >= 0.6 is 0 Å². The van der Waals surface area contributed by atoms with Crippen LogP contribution in [0.4, 0.5) is 0 Å². The Balaban J connectivity index is 2.50. The van der Waals surface area contributed by atoms with Gasteiger partial charge in [-0.25, -0.2) is 4.79 Å². The van der Waals surface area contributed by atoms with Crippen molar-refractivity contribution in [3.05, 3.63) is 23.3 Å². The highest BCUT2D eigenvalue weighted by Gasteiger charge is 2.22. The maximum atomic E-state index is 11.5. The maximum Gasteiger partial charge on any atom is 0.377 e. The summed E-state index contributed by atoms with van der Waals surface area (Å²) in [6.07, 6.45) is 0.561. The third-order valence-corrected chi connectivity index (χ3v) is 2.59. The molecule has 0 bridgehead atoms. The molecule has 0 fully saturated rings. The maximum absolute atomic E-state index is 11.5. The van der Waals surface area contributed by atoms with E-state index < -0.39 is 11.8 Å². The molecule has 1 aromatic rings. The number of hydrogen-bond donors (Lipinski definition) is 1. The predicted molar refractivity (Wildman–Crippen MR) is 58.8 cm³/mol. The first-order valence-corrected chi connectivity index (χ1v) is 5.33. The van der Waals surface area contributed by atoms with Crippen molar-refractivity contribution in [1.29, 1.82) is 0 Å². The lowest BCUT2D eigenvalue weighted by molar-refractivity contribution is -0.131. The third-order valence-electron chi connectivity index (χ3n) is 2.59. The quantitative estimate of drug-likeness (QED) is 0.632. The zero-order chi connectivity index (χ0) is 12.4. The second-order valence-corrected chi connectivity index (χ2v) is 3.64. The molecule has 1 aliphatic heterocycles. The lowest BCUT2D eigenvalue weighted by Crippen LogP contribution is -2.19. The zero-order valence-corrected chi connectivity index (χ0v) is 9.36. The van der Waals surface area contributed by atoms with Crippen molar-refractivity contribution in [1.82, 2.24) is 0 Å². The largest absolute Gasteiger partial charge is 0.486 e. The van der Waals surface area contributed by atoms with E-state index in [1.165, 1.54) is 6.07 Å². The molecule has 17 heavy (non-hydrogen) atoms. The summed E-state index contributed by atoms with van der Waals surface area (Å²) in [6, 6.07) is 3.12. The van der Waals surface area contributed by atoms with Crippen molar-refractivity contribution in [2.24, 2.45) is 0 Å². The van der Waals surface area contributed by atoms with Gasteiger partial charge < -0.3 is 14.6 Å². The fraction of sp³-hybridized carbons (Fsp3) is 0.333. The van der Waals surface area contributed by atoms with Crippen LogP contribution in [-0.2, 0) is 11.2 Å². The zero-order valence-electron chi connectivity index (χ0n) is 9.36. The molecule has 0 amide bonds. The molecule has 0 aliphatic carbocycles. The lowest BCUT2D eigenvalue weighted by atomic mass is 10.0. The van der Waals surface area contributed by atoms with Gasteiger partial charge in [0.25, 0.3) is 5.78 Å². The minimum absolute atomic E-state index is 0.171. The van der Waals surface area contributed by atoms with Crippen molar-refractivity contribution < 1.29 is 24.2 Å². The van der Waals surface area contributed by atoms with E-state index in [9.17, 15) is 9.59 Å². The molecule has 1 heterocycles. The van der Waals surface area contributed by atoms with Crippen LogP contribution in [0.3, 0.4) is 0 Å². The predicted octanol–water partition coefficient (Wildman–Crippen LogP) is 1.29. The summed E-state index contributed by atoms with van der Waals surface area (Å²) in [5.74, 6) is -1.39. The van der Waals surface area contributed by atoms with Crippen LogP contribution < -0.4 is 9.47 Å². The van der Waals surface area contributed by atoms with Crippen molar-refractivity contribution >= 4 is 11.8 Å². The Morgan fingerprint density at radius 2 is 1.82 bits per heavy atom. The Morgan fingerprint density at radius 3 is 2.35 bits per heavy atom. The van der Waals surface area contributed by atoms with Crippen molar-refractivity contribution in [3.63, 3.8) is 0 Å². The molecule has 90 valence electrons. The molecular formula is C12H12O5. The second-order valence-electron chi connectivity index (χ2n) is 3.64. The highest BCUT2D eigenvalue weighted by atomic mass is 16.6. The molecule has 0 spiro atoms. The van der Waals surface area contributed by atoms with Crippen molar-refractivity contribution in [2.75, 3.05) is 13.2 Å². The number of rotatable bonds is 3. The normalized spacial score (nSPS) is 13.2. The number of aryl methyl sites for hydroxylation is 1. The number of benzene rings is 1. The number of fused-ring (bicyclic) bond motifs is 1. The Labute approximate surface area is 98.0 Å². The smallest absolute Gasteiger partial charge is 0.377 e. The molecule has 0 radical (unpaired) electrons. The minimum Gasteiger partial charge on any atom is -0.486 e. The lowest BCUT2D eigenvalue weighted by Gasteiger charge is -2.20. The molecular weight excluding hydrogens is 224 g/mol. The van der Waals surface area contributed by atoms with Gasteiger partial charge in [-0.3, -0.25) is 4.79 Å². The summed E-state index contributed by atoms with van der Waals surface area (Å²) in [6.45, 7) is 2.71. The monoisotopic (exact) mass is 236 g/mol. The van der Waals surface area contributed by atoms with E-state index in [0.717, 1.165) is 0 Å². The molecule has 2 rings (SSSR count). The van der Waals surface area contributed by atoms with Gasteiger partial charge in [0.15, 0.2) is 11.5 Å². The Kier molecular flexibility index (Phi) is 2.99. The van der Waals surface area contributed by atoms with Gasteiger partial charge in [-0.05, 0) is 24.1 Å². The van der Waals surface area contributed by atoms with Crippen LogP contribution in [-0.4, -0.2) is 30.1 Å². The summed E-state index contributed by atoms with van der Waals surface area (Å²) < 4.78 is 10.7. The molecule has 0 saturated heterocycles. The molecule has 5 nitrogen and oxygen atoms in total. The number of aliphatic carboxylic acids is 1. The van der Waals surface area contributed by atoms with Gasteiger partial charge in [0.05, 0.1) is 0 Å². The van der Waals surface area contributed by atoms with E-state index in [2.05, 4.69) is 0 Å². The molecule has 1 aliphatic rings. The number of Topliss-reactive ketones (excluding diaryl/α,β-unsaturated/α-hetero) is 1. The van der Waals surface area contributed by atoms with Gasteiger partial charge in [0, 0.05) is 5.56 Å². The first-order chi connectivity index (χ1) is 8.13. The van der Waals surface area contributed by atoms with Crippen LogP contribution in [0.1, 0.15) is 22.8 Å². The second kappa shape index (κ2) is 4.45. The molecule has 0 aromatic heterocycles. The number of ketones is 1. The number of ether oxygens (including phenoxy) is 2. The van der Waals surface area contributed by atoms with Crippen LogP contribution in [0.25, 0.3) is 0 Å². The van der Waals surface area contributed by atoms with Gasteiger partial charge in [0.1, 0.15) is 13.2 Å². The van der Waals surface area contributed by atoms with Crippen LogP contribution in [0.5, 0.6) is 11.5 Å². The van der Waals surface area contributed by atoms with Crippen molar-refractivity contribution in [3.8, 4) is 11.5 Å². The van der Waals surface area contributed by atoms with Gasteiger partial charge in [-0.15, -0.1) is 0 Å². The number of carbonyl (C=O) groups excluding carboxylic acids is 1. The number of hydrogen-bond acceptors (Lipinski definition) is 4. The fourth-order valence-electron chi connectivity index (χ4n) is 1.75. The average molecular weight is 236 g/mol. The molecule has 0 unspecified atom stereocenters. The van der Waals surface area contributed by atoms with E-state index in [1.807, 2.05) is 6.92 Å². The van der Waals surface area contributed by atoms with E-state index in [-0.39, 0.29) is 5.56 Å². The minimum atomic E-state index is -1.46. The van der Waals surface area contributed by atoms with E-state index in [4.69, 9.17) is 14.6 Å². The summed E-state index contributed by atoms with van der Waals surface area (Å²) in [7, 11) is 0. The van der Waals surface area contributed by atoms with Crippen molar-refractivity contribution in [2.45, 2.75) is 13.3 Å². The van der Waals surface area contributed by atoms with E-state index in [0.29, 0.717) is 36.7 Å². The first kappa shape index (κ1) is 11.4. The molecule has 1 aromatic carbocycles. The number of carboxylic acids is 1. The van der Waals surface area contributed by atoms with E-state index in [1.54, 1.807) is 6.07 Å². The Hall–Kier alpha value is -2.04. The molecule has 5 heteroatoms. The molecule has 0 atom stereocenters. The Bertz CT molecular complexity index is 478. The summed E-state index contributed by atoms with van der Waals surface area (Å²) in [5.41, 5.74) is 0.825. The van der Waals surface area contributed by atoms with Gasteiger partial charge in [-0.2, -0.15) is 0 Å². The highest BCUT2D eigenvalue weighted by molar-refractivity contribution is 6.40. The SMILES string of the molecule is CCc1cc2c(cc1C(=O)C(=O)O)OCCO2. The summed E-state index contributed by atoms with van der Waals surface area (Å²) in [4.78, 5) is 22.2.